The smallest absolute Gasteiger partial charge is 0.258 e. The number of hydrogen-bond donors (Lipinski definition) is 0. The first-order chi connectivity index (χ1) is 14.3. The molecular weight excluding hydrogens is 414 g/mol. The van der Waals surface area contributed by atoms with Gasteiger partial charge in [-0.05, 0) is 40.5 Å². The van der Waals surface area contributed by atoms with Gasteiger partial charge in [0.1, 0.15) is 0 Å². The van der Waals surface area contributed by atoms with Gasteiger partial charge >= 0.3 is 0 Å². The number of nitro benzene ring substituents is 3. The van der Waals surface area contributed by atoms with Gasteiger partial charge < -0.3 is 0 Å². The Morgan fingerprint density at radius 2 is 1.40 bits per heavy atom. The van der Waals surface area contributed by atoms with Crippen LogP contribution in [0.15, 0.2) is 54.6 Å². The van der Waals surface area contributed by atoms with Crippen molar-refractivity contribution in [3.05, 3.63) is 107 Å². The van der Waals surface area contributed by atoms with E-state index in [1.165, 1.54) is 24.3 Å². The van der Waals surface area contributed by atoms with Crippen LogP contribution in [0.5, 0.6) is 0 Å². The quantitative estimate of drug-likeness (QED) is 0.308. The number of nitro groups is 3. The Morgan fingerprint density at radius 3 is 2.03 bits per heavy atom. The van der Waals surface area contributed by atoms with Gasteiger partial charge in [-0.2, -0.15) is 0 Å². The maximum absolute atomic E-state index is 11.7. The van der Waals surface area contributed by atoms with Gasteiger partial charge in [0.2, 0.25) is 0 Å². The molecule has 30 heavy (non-hydrogen) atoms. The van der Waals surface area contributed by atoms with Crippen molar-refractivity contribution >= 4 is 40.3 Å². The van der Waals surface area contributed by atoms with E-state index in [1.807, 2.05) is 0 Å². The summed E-state index contributed by atoms with van der Waals surface area (Å²) < 4.78 is 0. The van der Waals surface area contributed by atoms with Crippen LogP contribution >= 0.6 is 11.6 Å². The van der Waals surface area contributed by atoms with Crippen molar-refractivity contribution in [2.75, 3.05) is 0 Å². The van der Waals surface area contributed by atoms with Crippen LogP contribution in [0.3, 0.4) is 0 Å². The molecule has 0 amide bonds. The average molecular weight is 424 g/mol. The fourth-order valence-electron chi connectivity index (χ4n) is 3.49. The molecule has 0 saturated carbocycles. The average Bonchev–Trinajstić information content (AvgIpc) is 3.01. The first-order valence-corrected chi connectivity index (χ1v) is 8.88. The highest BCUT2D eigenvalue weighted by Crippen LogP contribution is 2.51. The third-order valence-electron chi connectivity index (χ3n) is 4.78. The summed E-state index contributed by atoms with van der Waals surface area (Å²) >= 11 is 6.23. The highest BCUT2D eigenvalue weighted by atomic mass is 35.5. The predicted octanol–water partition coefficient (Wildman–Crippen LogP) is 5.63. The van der Waals surface area contributed by atoms with E-state index < -0.39 is 26.1 Å². The molecule has 0 aliphatic heterocycles. The minimum absolute atomic E-state index is 0.175. The summed E-state index contributed by atoms with van der Waals surface area (Å²) in [5, 5.41) is 34.7. The molecule has 10 heteroatoms. The number of nitrogens with zero attached hydrogens (tertiary/aromatic N) is 3. The van der Waals surface area contributed by atoms with Gasteiger partial charge in [-0.15, -0.1) is 0 Å². The van der Waals surface area contributed by atoms with Crippen LogP contribution in [0, 0.1) is 30.3 Å². The number of benzene rings is 3. The van der Waals surface area contributed by atoms with E-state index in [-0.39, 0.29) is 16.8 Å². The lowest BCUT2D eigenvalue weighted by atomic mass is 10.00. The van der Waals surface area contributed by atoms with Gasteiger partial charge in [-0.1, -0.05) is 29.8 Å². The Morgan fingerprint density at radius 1 is 0.733 bits per heavy atom. The van der Waals surface area contributed by atoms with E-state index in [2.05, 4.69) is 0 Å². The third kappa shape index (κ3) is 3.07. The van der Waals surface area contributed by atoms with Crippen molar-refractivity contribution in [1.29, 1.82) is 0 Å². The zero-order chi connectivity index (χ0) is 21.6. The minimum atomic E-state index is -0.716. The Bertz CT molecular complexity index is 1300. The second-order valence-electron chi connectivity index (χ2n) is 6.47. The molecule has 0 saturated heterocycles. The molecule has 0 N–H and O–H groups in total. The molecule has 3 aromatic rings. The van der Waals surface area contributed by atoms with Gasteiger partial charge in [0.05, 0.1) is 26.4 Å². The number of hydrogen-bond acceptors (Lipinski definition) is 6. The van der Waals surface area contributed by atoms with Crippen LogP contribution in [-0.4, -0.2) is 14.8 Å². The van der Waals surface area contributed by atoms with Crippen LogP contribution in [0.2, 0.25) is 5.02 Å². The molecular formula is C20H10ClN3O6. The summed E-state index contributed by atoms with van der Waals surface area (Å²) in [4.78, 5) is 32.3. The van der Waals surface area contributed by atoms with Crippen LogP contribution in [0.25, 0.3) is 22.8 Å². The van der Waals surface area contributed by atoms with Crippen molar-refractivity contribution in [3.63, 3.8) is 0 Å². The molecule has 0 heterocycles. The number of rotatable bonds is 4. The number of fused-ring (bicyclic) bond motifs is 3. The number of non-ortho nitro benzene ring substituents is 2. The molecule has 4 rings (SSSR count). The number of halogens is 1. The second-order valence-corrected chi connectivity index (χ2v) is 6.88. The maximum atomic E-state index is 11.7. The van der Waals surface area contributed by atoms with Crippen molar-refractivity contribution < 1.29 is 14.8 Å². The lowest BCUT2D eigenvalue weighted by Gasteiger charge is -2.05. The normalized spacial score (nSPS) is 13.0. The molecule has 0 radical (unpaired) electrons. The molecule has 0 fully saturated rings. The van der Waals surface area contributed by atoms with Gasteiger partial charge in [0, 0.05) is 28.8 Å². The summed E-state index contributed by atoms with van der Waals surface area (Å²) in [5.74, 6) is 0. The molecule has 1 aliphatic carbocycles. The third-order valence-corrected chi connectivity index (χ3v) is 5.12. The largest absolute Gasteiger partial charge is 0.284 e. The predicted molar refractivity (Wildman–Crippen MR) is 110 cm³/mol. The van der Waals surface area contributed by atoms with E-state index in [1.54, 1.807) is 30.3 Å². The first-order valence-electron chi connectivity index (χ1n) is 8.50. The standard InChI is InChI=1S/C20H10ClN3O6/c21-18-4-2-1-3-11(18)7-15-16-8-12(22(25)26)5-6-14(16)20-17(15)9-13(23(27)28)10-19(20)24(29)30/h1-10H/b15-7+. The Hall–Kier alpha value is -4.11. The highest BCUT2D eigenvalue weighted by molar-refractivity contribution is 6.32. The molecule has 148 valence electrons. The molecule has 0 unspecified atom stereocenters. The first kappa shape index (κ1) is 19.2. The summed E-state index contributed by atoms with van der Waals surface area (Å²) in [5.41, 5.74) is 1.00. The molecule has 3 aromatic carbocycles. The van der Waals surface area contributed by atoms with E-state index >= 15 is 0 Å². The molecule has 0 atom stereocenters. The lowest BCUT2D eigenvalue weighted by molar-refractivity contribution is -0.393. The lowest BCUT2D eigenvalue weighted by Crippen LogP contribution is -1.96. The molecule has 0 bridgehead atoms. The van der Waals surface area contributed by atoms with Crippen molar-refractivity contribution in [1.82, 2.24) is 0 Å². The molecule has 0 spiro atoms. The van der Waals surface area contributed by atoms with Crippen LogP contribution in [0.1, 0.15) is 16.7 Å². The van der Waals surface area contributed by atoms with E-state index in [0.29, 0.717) is 27.3 Å². The second kappa shape index (κ2) is 7.05. The summed E-state index contributed by atoms with van der Waals surface area (Å²) in [6.07, 6.45) is 1.62. The summed E-state index contributed by atoms with van der Waals surface area (Å²) in [7, 11) is 0. The van der Waals surface area contributed by atoms with Crippen LogP contribution in [-0.2, 0) is 0 Å². The minimum Gasteiger partial charge on any atom is -0.258 e. The topological polar surface area (TPSA) is 129 Å². The fraction of sp³-hybridized carbons (Fsp3) is 0. The SMILES string of the molecule is O=[N+]([O-])c1ccc2c(c1)/C(=C\c1ccccc1Cl)c1cc([N+](=O)[O-])cc([N+](=O)[O-])c1-2. The fourth-order valence-corrected chi connectivity index (χ4v) is 3.68. The van der Waals surface area contributed by atoms with E-state index in [4.69, 9.17) is 11.6 Å². The zero-order valence-electron chi connectivity index (χ0n) is 14.9. The van der Waals surface area contributed by atoms with Gasteiger partial charge in [-0.25, -0.2) is 0 Å². The van der Waals surface area contributed by atoms with Crippen LogP contribution < -0.4 is 0 Å². The van der Waals surface area contributed by atoms with Crippen molar-refractivity contribution in [2.45, 2.75) is 0 Å². The molecule has 1 aliphatic rings. The monoisotopic (exact) mass is 423 g/mol. The van der Waals surface area contributed by atoms with E-state index in [0.717, 1.165) is 6.07 Å². The highest BCUT2D eigenvalue weighted by Gasteiger charge is 2.34. The summed E-state index contributed by atoms with van der Waals surface area (Å²) in [6.45, 7) is 0. The van der Waals surface area contributed by atoms with Crippen molar-refractivity contribution in [2.24, 2.45) is 0 Å². The van der Waals surface area contributed by atoms with Gasteiger partial charge in [0.15, 0.2) is 0 Å². The molecule has 9 nitrogen and oxygen atoms in total. The zero-order valence-corrected chi connectivity index (χ0v) is 15.7. The molecule has 0 aromatic heterocycles. The van der Waals surface area contributed by atoms with Crippen LogP contribution in [0.4, 0.5) is 17.1 Å². The van der Waals surface area contributed by atoms with Crippen molar-refractivity contribution in [3.8, 4) is 11.1 Å². The maximum Gasteiger partial charge on any atom is 0.284 e. The van der Waals surface area contributed by atoms with Gasteiger partial charge in [0.25, 0.3) is 17.1 Å². The van der Waals surface area contributed by atoms with Gasteiger partial charge in [-0.3, -0.25) is 30.3 Å². The van der Waals surface area contributed by atoms with E-state index in [9.17, 15) is 30.3 Å². The Balaban J connectivity index is 2.11. The Labute approximate surface area is 173 Å². The Kier molecular flexibility index (Phi) is 4.52. The summed E-state index contributed by atoms with van der Waals surface area (Å²) in [6, 6.07) is 12.9.